The van der Waals surface area contributed by atoms with Gasteiger partial charge in [0, 0.05) is 11.9 Å². The Balaban J connectivity index is 1.58. The van der Waals surface area contributed by atoms with Crippen LogP contribution in [0.15, 0.2) is 60.8 Å². The molecular weight excluding hydrogens is 435 g/mol. The molecule has 1 amide bonds. The molecule has 1 aliphatic heterocycles. The molecule has 0 aliphatic carbocycles. The summed E-state index contributed by atoms with van der Waals surface area (Å²) >= 11 is 6.28. The van der Waals surface area contributed by atoms with E-state index < -0.39 is 12.3 Å². The summed E-state index contributed by atoms with van der Waals surface area (Å²) in [5.41, 5.74) is 1.20. The van der Waals surface area contributed by atoms with Crippen molar-refractivity contribution in [1.29, 1.82) is 0 Å². The second-order valence-corrected chi connectivity index (χ2v) is 6.90. The van der Waals surface area contributed by atoms with Gasteiger partial charge in [-0.25, -0.2) is 4.98 Å². The minimum atomic E-state index is -4.78. The summed E-state index contributed by atoms with van der Waals surface area (Å²) in [6.45, 7) is 0.809. The largest absolute Gasteiger partial charge is 0.573 e. The van der Waals surface area contributed by atoms with E-state index in [1.807, 2.05) is 4.90 Å². The number of ether oxygens (including phenoxy) is 2. The number of hydrogen-bond donors (Lipinski definition) is 1. The van der Waals surface area contributed by atoms with Crippen molar-refractivity contribution in [2.45, 2.75) is 6.36 Å². The van der Waals surface area contributed by atoms with E-state index in [2.05, 4.69) is 15.0 Å². The molecule has 2 aromatic carbocycles. The lowest BCUT2D eigenvalue weighted by Crippen LogP contribution is -2.30. The minimum absolute atomic E-state index is 0.268. The summed E-state index contributed by atoms with van der Waals surface area (Å²) in [6.07, 6.45) is -3.16. The lowest BCUT2D eigenvalue weighted by molar-refractivity contribution is -0.274. The molecule has 4 rings (SSSR count). The number of nitrogens with zero attached hydrogens (tertiary/aromatic N) is 2. The van der Waals surface area contributed by atoms with E-state index in [4.69, 9.17) is 16.3 Å². The number of rotatable bonds is 4. The van der Waals surface area contributed by atoms with Gasteiger partial charge in [-0.15, -0.1) is 13.2 Å². The third kappa shape index (κ3) is 4.66. The molecule has 2 heterocycles. The molecule has 31 heavy (non-hydrogen) atoms. The van der Waals surface area contributed by atoms with E-state index >= 15 is 0 Å². The van der Waals surface area contributed by atoms with Crippen LogP contribution < -0.4 is 19.7 Å². The monoisotopic (exact) mass is 449 g/mol. The van der Waals surface area contributed by atoms with Gasteiger partial charge in [-0.1, -0.05) is 17.7 Å². The van der Waals surface area contributed by atoms with Crippen molar-refractivity contribution in [3.63, 3.8) is 0 Å². The Kier molecular flexibility index (Phi) is 5.60. The summed E-state index contributed by atoms with van der Waals surface area (Å²) in [4.78, 5) is 19.0. The fourth-order valence-corrected chi connectivity index (χ4v) is 3.39. The van der Waals surface area contributed by atoms with E-state index in [9.17, 15) is 18.0 Å². The summed E-state index contributed by atoms with van der Waals surface area (Å²) in [5, 5.41) is 3.11. The van der Waals surface area contributed by atoms with Gasteiger partial charge in [0.1, 0.15) is 12.4 Å². The maximum atomic E-state index is 12.8. The Morgan fingerprint density at radius 3 is 2.61 bits per heavy atom. The topological polar surface area (TPSA) is 63.7 Å². The number of halogens is 4. The van der Waals surface area contributed by atoms with E-state index in [1.165, 1.54) is 12.1 Å². The number of carbonyl (C=O) groups is 1. The standard InChI is InChI=1S/C21H15ClF3N3O3/c22-16-4-2-10-26-19(16)28-11-12-30-18-15(3-1-5-17(18)28)20(29)27-13-6-8-14(9-7-13)31-21(23,24)25/h1-10H,11-12H2,(H,27,29). The molecule has 0 unspecified atom stereocenters. The van der Waals surface area contributed by atoms with Crippen molar-refractivity contribution < 1.29 is 27.4 Å². The molecular formula is C21H15ClF3N3O3. The second-order valence-electron chi connectivity index (χ2n) is 6.49. The zero-order chi connectivity index (χ0) is 22.0. The fourth-order valence-electron chi connectivity index (χ4n) is 3.16. The number of carbonyl (C=O) groups excluding carboxylic acids is 1. The average Bonchev–Trinajstić information content (AvgIpc) is 2.74. The number of fused-ring (bicyclic) bond motifs is 1. The van der Waals surface area contributed by atoms with Gasteiger partial charge in [-0.05, 0) is 48.5 Å². The van der Waals surface area contributed by atoms with Crippen LogP contribution in [0.25, 0.3) is 0 Å². The first-order chi connectivity index (χ1) is 14.8. The van der Waals surface area contributed by atoms with E-state index in [1.54, 1.807) is 36.5 Å². The molecule has 10 heteroatoms. The quantitative estimate of drug-likeness (QED) is 0.576. The Hall–Kier alpha value is -3.46. The van der Waals surface area contributed by atoms with Crippen molar-refractivity contribution in [3.05, 3.63) is 71.4 Å². The van der Waals surface area contributed by atoms with Crippen LogP contribution in [0.1, 0.15) is 10.4 Å². The van der Waals surface area contributed by atoms with Crippen LogP contribution in [0, 0.1) is 0 Å². The summed E-state index contributed by atoms with van der Waals surface area (Å²) < 4.78 is 46.5. The van der Waals surface area contributed by atoms with E-state index in [-0.39, 0.29) is 11.3 Å². The molecule has 160 valence electrons. The van der Waals surface area contributed by atoms with Crippen LogP contribution >= 0.6 is 11.6 Å². The number of hydrogen-bond acceptors (Lipinski definition) is 5. The van der Waals surface area contributed by atoms with Crippen molar-refractivity contribution in [1.82, 2.24) is 4.98 Å². The Morgan fingerprint density at radius 2 is 1.90 bits per heavy atom. The van der Waals surface area contributed by atoms with Crippen LogP contribution in [0.4, 0.5) is 30.4 Å². The number of aromatic nitrogens is 1. The number of amides is 1. The van der Waals surface area contributed by atoms with Crippen LogP contribution in [0.2, 0.25) is 5.02 Å². The van der Waals surface area contributed by atoms with Crippen LogP contribution in [0.3, 0.4) is 0 Å². The average molecular weight is 450 g/mol. The number of pyridine rings is 1. The van der Waals surface area contributed by atoms with Gasteiger partial charge < -0.3 is 19.7 Å². The molecule has 3 aromatic rings. The molecule has 0 atom stereocenters. The Morgan fingerprint density at radius 1 is 1.13 bits per heavy atom. The highest BCUT2D eigenvalue weighted by molar-refractivity contribution is 6.33. The van der Waals surface area contributed by atoms with Crippen molar-refractivity contribution in [3.8, 4) is 11.5 Å². The smallest absolute Gasteiger partial charge is 0.489 e. The van der Waals surface area contributed by atoms with Gasteiger partial charge in [0.2, 0.25) is 0 Å². The van der Waals surface area contributed by atoms with Gasteiger partial charge >= 0.3 is 6.36 Å². The highest BCUT2D eigenvalue weighted by Crippen LogP contribution is 2.40. The predicted molar refractivity (Wildman–Crippen MR) is 109 cm³/mol. The third-order valence-corrected chi connectivity index (χ3v) is 4.73. The third-order valence-electron chi connectivity index (χ3n) is 4.43. The first-order valence-corrected chi connectivity index (χ1v) is 9.51. The van der Waals surface area contributed by atoms with Crippen LogP contribution in [-0.4, -0.2) is 30.4 Å². The molecule has 0 spiro atoms. The molecule has 1 aromatic heterocycles. The van der Waals surface area contributed by atoms with Gasteiger partial charge in [-0.2, -0.15) is 0 Å². The SMILES string of the molecule is O=C(Nc1ccc(OC(F)(F)F)cc1)c1cccc2c1OCCN2c1ncccc1Cl. The zero-order valence-electron chi connectivity index (χ0n) is 15.8. The van der Waals surface area contributed by atoms with E-state index in [0.29, 0.717) is 41.1 Å². The maximum Gasteiger partial charge on any atom is 0.573 e. The lowest BCUT2D eigenvalue weighted by atomic mass is 10.1. The molecule has 6 nitrogen and oxygen atoms in total. The van der Waals surface area contributed by atoms with Gasteiger partial charge in [-0.3, -0.25) is 4.79 Å². The van der Waals surface area contributed by atoms with Crippen molar-refractivity contribution >= 4 is 34.7 Å². The molecule has 0 fully saturated rings. The normalized spacial score (nSPS) is 13.2. The fraction of sp³-hybridized carbons (Fsp3) is 0.143. The van der Waals surface area contributed by atoms with Crippen molar-refractivity contribution in [2.75, 3.05) is 23.4 Å². The van der Waals surface area contributed by atoms with Gasteiger partial charge in [0.25, 0.3) is 5.91 Å². The molecule has 1 aliphatic rings. The Bertz CT molecular complexity index is 1110. The lowest BCUT2D eigenvalue weighted by Gasteiger charge is -2.31. The number of nitrogens with one attached hydrogen (secondary N) is 1. The minimum Gasteiger partial charge on any atom is -0.489 e. The summed E-state index contributed by atoms with van der Waals surface area (Å²) in [7, 11) is 0. The number of alkyl halides is 3. The molecule has 0 bridgehead atoms. The summed E-state index contributed by atoms with van der Waals surface area (Å²) in [5.74, 6) is 0.0561. The molecule has 1 N–H and O–H groups in total. The number of benzene rings is 2. The second kappa shape index (κ2) is 8.35. The van der Waals surface area contributed by atoms with Gasteiger partial charge in [0.15, 0.2) is 11.6 Å². The number of para-hydroxylation sites is 1. The highest BCUT2D eigenvalue weighted by atomic mass is 35.5. The molecule has 0 radical (unpaired) electrons. The maximum absolute atomic E-state index is 12.8. The molecule has 0 saturated carbocycles. The first-order valence-electron chi connectivity index (χ1n) is 9.13. The Labute approximate surface area is 180 Å². The molecule has 0 saturated heterocycles. The van der Waals surface area contributed by atoms with Crippen LogP contribution in [0.5, 0.6) is 11.5 Å². The summed E-state index contributed by atoms with van der Waals surface area (Å²) in [6, 6.07) is 13.4. The van der Waals surface area contributed by atoms with Crippen LogP contribution in [-0.2, 0) is 0 Å². The van der Waals surface area contributed by atoms with E-state index in [0.717, 1.165) is 12.1 Å². The number of anilines is 3. The van der Waals surface area contributed by atoms with Gasteiger partial charge in [0.05, 0.1) is 22.8 Å². The predicted octanol–water partition coefficient (Wildman–Crippen LogP) is 5.42. The first kappa shape index (κ1) is 20.8. The highest BCUT2D eigenvalue weighted by Gasteiger charge is 2.31. The zero-order valence-corrected chi connectivity index (χ0v) is 16.6. The van der Waals surface area contributed by atoms with Crippen molar-refractivity contribution in [2.24, 2.45) is 0 Å².